The third-order valence-electron chi connectivity index (χ3n) is 4.89. The summed E-state index contributed by atoms with van der Waals surface area (Å²) in [6.07, 6.45) is 0. The van der Waals surface area contributed by atoms with E-state index in [0.717, 1.165) is 39.9 Å². The second kappa shape index (κ2) is 7.72. The van der Waals surface area contributed by atoms with Crippen molar-refractivity contribution in [3.8, 4) is 6.07 Å². The van der Waals surface area contributed by atoms with E-state index in [1.54, 1.807) is 6.07 Å². The Bertz CT molecular complexity index is 991. The molecule has 8 heteroatoms. The Morgan fingerprint density at radius 2 is 1.43 bits per heavy atom. The predicted molar refractivity (Wildman–Crippen MR) is 105 cm³/mol. The smallest absolute Gasteiger partial charge is 0.149 e. The number of nitriles is 1. The number of hydrogen-bond acceptors (Lipinski definition) is 8. The molecule has 146 valence electrons. The lowest BCUT2D eigenvalue weighted by molar-refractivity contribution is 0.392. The van der Waals surface area contributed by atoms with Crippen molar-refractivity contribution in [3.05, 3.63) is 51.7 Å². The van der Waals surface area contributed by atoms with Crippen molar-refractivity contribution in [3.63, 3.8) is 0 Å². The number of rotatable bonds is 6. The van der Waals surface area contributed by atoms with Gasteiger partial charge in [0, 0.05) is 38.3 Å². The van der Waals surface area contributed by atoms with Crippen molar-refractivity contribution < 1.29 is 9.05 Å². The molecular formula is C20H24N6O2. The van der Waals surface area contributed by atoms with Gasteiger partial charge in [0.15, 0.2) is 0 Å². The Balaban J connectivity index is 1.88. The van der Waals surface area contributed by atoms with Crippen LogP contribution in [-0.2, 0) is 13.1 Å². The summed E-state index contributed by atoms with van der Waals surface area (Å²) in [5.74, 6) is 2.95. The van der Waals surface area contributed by atoms with E-state index in [4.69, 9.17) is 14.0 Å². The van der Waals surface area contributed by atoms with Crippen LogP contribution < -0.4 is 9.80 Å². The molecule has 0 amide bonds. The molecule has 0 aliphatic heterocycles. The number of hydrogen-bond donors (Lipinski definition) is 0. The van der Waals surface area contributed by atoms with Gasteiger partial charge >= 0.3 is 0 Å². The highest BCUT2D eigenvalue weighted by atomic mass is 16.5. The van der Waals surface area contributed by atoms with E-state index in [0.29, 0.717) is 24.5 Å². The molecule has 0 atom stereocenters. The monoisotopic (exact) mass is 380 g/mol. The first kappa shape index (κ1) is 19.4. The molecule has 0 N–H and O–H groups in total. The van der Waals surface area contributed by atoms with Gasteiger partial charge in [0.2, 0.25) is 0 Å². The summed E-state index contributed by atoms with van der Waals surface area (Å²) < 4.78 is 10.5. The summed E-state index contributed by atoms with van der Waals surface area (Å²) in [6, 6.07) is 5.88. The number of nitrogens with zero attached hydrogens (tertiary/aromatic N) is 6. The molecule has 8 nitrogen and oxygen atoms in total. The van der Waals surface area contributed by atoms with E-state index in [-0.39, 0.29) is 0 Å². The zero-order valence-electron chi connectivity index (χ0n) is 17.1. The topological polar surface area (TPSA) is 95.2 Å². The minimum absolute atomic E-state index is 0.517. The molecule has 0 fully saturated rings. The first-order valence-electron chi connectivity index (χ1n) is 8.98. The fraction of sp³-hybridized carbons (Fsp3) is 0.400. The third kappa shape index (κ3) is 3.69. The Morgan fingerprint density at radius 3 is 1.89 bits per heavy atom. The highest BCUT2D eigenvalue weighted by Crippen LogP contribution is 2.25. The Kier molecular flexibility index (Phi) is 5.36. The largest absolute Gasteiger partial charge is 0.361 e. The standard InChI is InChI=1S/C20H24N6O2/c1-12-17(14(3)27-23-12)10-25(5)19-8-7-16(9-21)20(22-19)26(6)11-18-13(2)24-28-15(18)4/h7-8H,10-11H2,1-6H3. The van der Waals surface area contributed by atoms with Crippen molar-refractivity contribution in [2.45, 2.75) is 40.8 Å². The molecule has 0 aliphatic rings. The maximum Gasteiger partial charge on any atom is 0.149 e. The molecular weight excluding hydrogens is 356 g/mol. The maximum absolute atomic E-state index is 9.53. The van der Waals surface area contributed by atoms with Crippen LogP contribution in [-0.4, -0.2) is 29.4 Å². The van der Waals surface area contributed by atoms with Crippen molar-refractivity contribution >= 4 is 11.6 Å². The molecule has 0 unspecified atom stereocenters. The second-order valence-corrected chi connectivity index (χ2v) is 6.97. The van der Waals surface area contributed by atoms with Gasteiger partial charge in [-0.2, -0.15) is 5.26 Å². The summed E-state index contributed by atoms with van der Waals surface area (Å²) in [5.41, 5.74) is 4.27. The lowest BCUT2D eigenvalue weighted by Crippen LogP contribution is -2.23. The van der Waals surface area contributed by atoms with Gasteiger partial charge in [0.25, 0.3) is 0 Å². The van der Waals surface area contributed by atoms with Crippen molar-refractivity contribution in [2.75, 3.05) is 23.9 Å². The average Bonchev–Trinajstić information content (AvgIpc) is 3.17. The Hall–Kier alpha value is -3.34. The summed E-state index contributed by atoms with van der Waals surface area (Å²) in [4.78, 5) is 8.71. The number of pyridine rings is 1. The van der Waals surface area contributed by atoms with E-state index in [1.165, 1.54) is 0 Å². The number of aryl methyl sites for hydroxylation is 4. The van der Waals surface area contributed by atoms with Crippen LogP contribution in [0, 0.1) is 39.0 Å². The highest BCUT2D eigenvalue weighted by molar-refractivity contribution is 5.59. The minimum atomic E-state index is 0.517. The zero-order valence-corrected chi connectivity index (χ0v) is 17.1. The predicted octanol–water partition coefficient (Wildman–Crippen LogP) is 3.44. The molecule has 0 aromatic carbocycles. The summed E-state index contributed by atoms with van der Waals surface area (Å²) in [6.45, 7) is 8.79. The van der Waals surface area contributed by atoms with Crippen LogP contribution in [0.3, 0.4) is 0 Å². The molecule has 3 heterocycles. The lowest BCUT2D eigenvalue weighted by atomic mass is 10.1. The Morgan fingerprint density at radius 1 is 0.893 bits per heavy atom. The summed E-state index contributed by atoms with van der Waals surface area (Å²) in [7, 11) is 3.87. The highest BCUT2D eigenvalue weighted by Gasteiger charge is 2.18. The van der Waals surface area contributed by atoms with Gasteiger partial charge in [-0.1, -0.05) is 10.3 Å². The van der Waals surface area contributed by atoms with E-state index < -0.39 is 0 Å². The van der Waals surface area contributed by atoms with Gasteiger partial charge < -0.3 is 18.8 Å². The van der Waals surface area contributed by atoms with Gasteiger partial charge in [-0.25, -0.2) is 4.98 Å². The zero-order chi connectivity index (χ0) is 20.4. The maximum atomic E-state index is 9.53. The molecule has 0 saturated carbocycles. The van der Waals surface area contributed by atoms with Gasteiger partial charge in [0.05, 0.1) is 17.0 Å². The van der Waals surface area contributed by atoms with E-state index in [2.05, 4.69) is 16.4 Å². The van der Waals surface area contributed by atoms with Crippen molar-refractivity contribution in [2.24, 2.45) is 0 Å². The molecule has 0 spiro atoms. The third-order valence-corrected chi connectivity index (χ3v) is 4.89. The average molecular weight is 380 g/mol. The number of aromatic nitrogens is 3. The first-order valence-corrected chi connectivity index (χ1v) is 8.98. The molecule has 0 aliphatic carbocycles. The fourth-order valence-corrected chi connectivity index (χ4v) is 3.11. The molecule has 3 rings (SSSR count). The van der Waals surface area contributed by atoms with Gasteiger partial charge in [-0.3, -0.25) is 0 Å². The van der Waals surface area contributed by atoms with Crippen LogP contribution in [0.25, 0.3) is 0 Å². The van der Waals surface area contributed by atoms with Gasteiger partial charge in [-0.15, -0.1) is 0 Å². The first-order chi connectivity index (χ1) is 13.3. The van der Waals surface area contributed by atoms with Crippen LogP contribution in [0.4, 0.5) is 11.6 Å². The molecule has 3 aromatic rings. The van der Waals surface area contributed by atoms with E-state index in [1.807, 2.05) is 57.7 Å². The van der Waals surface area contributed by atoms with Gasteiger partial charge in [-0.05, 0) is 39.8 Å². The summed E-state index contributed by atoms with van der Waals surface area (Å²) in [5, 5.41) is 17.5. The molecule has 0 bridgehead atoms. The SMILES string of the molecule is Cc1noc(C)c1CN(C)c1ccc(C#N)c(N(C)Cc2c(C)noc2C)n1. The summed E-state index contributed by atoms with van der Waals surface area (Å²) >= 11 is 0. The van der Waals surface area contributed by atoms with Crippen LogP contribution >= 0.6 is 0 Å². The molecule has 0 saturated heterocycles. The molecule has 3 aromatic heterocycles. The number of anilines is 2. The van der Waals surface area contributed by atoms with Crippen LogP contribution in [0.15, 0.2) is 21.2 Å². The molecule has 28 heavy (non-hydrogen) atoms. The quantitative estimate of drug-likeness (QED) is 0.642. The van der Waals surface area contributed by atoms with Crippen molar-refractivity contribution in [1.82, 2.24) is 15.3 Å². The Labute approximate surface area is 164 Å². The van der Waals surface area contributed by atoms with Crippen molar-refractivity contribution in [1.29, 1.82) is 5.26 Å². The normalized spacial score (nSPS) is 10.8. The van der Waals surface area contributed by atoms with Crippen LogP contribution in [0.1, 0.15) is 39.6 Å². The lowest BCUT2D eigenvalue weighted by Gasteiger charge is -2.23. The van der Waals surface area contributed by atoms with Crippen LogP contribution in [0.5, 0.6) is 0 Å². The van der Waals surface area contributed by atoms with Gasteiger partial charge in [0.1, 0.15) is 29.2 Å². The van der Waals surface area contributed by atoms with E-state index in [9.17, 15) is 5.26 Å². The minimum Gasteiger partial charge on any atom is -0.361 e. The molecule has 0 radical (unpaired) electrons. The van der Waals surface area contributed by atoms with E-state index >= 15 is 0 Å². The fourth-order valence-electron chi connectivity index (χ4n) is 3.11. The second-order valence-electron chi connectivity index (χ2n) is 6.97. The van der Waals surface area contributed by atoms with Crippen LogP contribution in [0.2, 0.25) is 0 Å².